The lowest BCUT2D eigenvalue weighted by molar-refractivity contribution is -0.123. The van der Waals surface area contributed by atoms with Gasteiger partial charge in [0.05, 0.1) is 0 Å². The average Bonchev–Trinajstić information content (AvgIpc) is 2.91. The maximum Gasteiger partial charge on any atom is 0.257 e. The first kappa shape index (κ1) is 13.9. The number of ether oxygens (including phenoxy) is 1. The molecule has 4 nitrogen and oxygen atoms in total. The molecule has 1 aliphatic rings. The zero-order valence-electron chi connectivity index (χ0n) is 11.5. The highest BCUT2D eigenvalue weighted by atomic mass is 16.5. The van der Waals surface area contributed by atoms with Crippen LogP contribution in [0.4, 0.5) is 0 Å². The van der Waals surface area contributed by atoms with Crippen LogP contribution in [0.3, 0.4) is 0 Å². The number of carbonyl (C=O) groups excluding carboxylic acids is 1. The fourth-order valence-corrected chi connectivity index (χ4v) is 2.49. The lowest BCUT2D eigenvalue weighted by Crippen LogP contribution is -2.41. The van der Waals surface area contributed by atoms with Gasteiger partial charge >= 0.3 is 0 Å². The number of carbonyl (C=O) groups is 1. The molecule has 1 saturated heterocycles. The molecule has 0 bridgehead atoms. The van der Waals surface area contributed by atoms with Gasteiger partial charge in [-0.15, -0.1) is 0 Å². The minimum absolute atomic E-state index is 0.0493. The van der Waals surface area contributed by atoms with Crippen LogP contribution in [0.15, 0.2) is 30.3 Å². The van der Waals surface area contributed by atoms with Crippen LogP contribution in [0.1, 0.15) is 19.8 Å². The number of hydrogen-bond donors (Lipinski definition) is 1. The summed E-state index contributed by atoms with van der Waals surface area (Å²) in [6.45, 7) is 5.19. The van der Waals surface area contributed by atoms with E-state index in [2.05, 4.69) is 17.1 Å². The van der Waals surface area contributed by atoms with Gasteiger partial charge < -0.3 is 10.1 Å². The number of hydrogen-bond acceptors (Lipinski definition) is 3. The first-order chi connectivity index (χ1) is 9.29. The summed E-state index contributed by atoms with van der Waals surface area (Å²) < 4.78 is 5.41. The van der Waals surface area contributed by atoms with Crippen molar-refractivity contribution >= 4 is 5.91 Å². The molecular formula is C15H22N2O2. The molecule has 2 rings (SSSR count). The molecule has 0 spiro atoms. The van der Waals surface area contributed by atoms with Gasteiger partial charge in [0, 0.05) is 12.6 Å². The maximum absolute atomic E-state index is 11.7. The highest BCUT2D eigenvalue weighted by molar-refractivity contribution is 5.77. The van der Waals surface area contributed by atoms with E-state index in [4.69, 9.17) is 4.74 Å². The van der Waals surface area contributed by atoms with E-state index in [1.54, 1.807) is 0 Å². The molecular weight excluding hydrogens is 240 g/mol. The fraction of sp³-hybridized carbons (Fsp3) is 0.533. The van der Waals surface area contributed by atoms with Crippen molar-refractivity contribution in [2.75, 3.05) is 26.2 Å². The molecule has 1 amide bonds. The van der Waals surface area contributed by atoms with E-state index in [0.717, 1.165) is 25.4 Å². The fourth-order valence-electron chi connectivity index (χ4n) is 2.49. The Morgan fingerprint density at radius 2 is 2.21 bits per heavy atom. The summed E-state index contributed by atoms with van der Waals surface area (Å²) >= 11 is 0. The average molecular weight is 262 g/mol. The molecule has 1 atom stereocenters. The number of nitrogens with zero attached hydrogens (tertiary/aromatic N) is 1. The van der Waals surface area contributed by atoms with Gasteiger partial charge in [0.2, 0.25) is 0 Å². The van der Waals surface area contributed by atoms with Crippen LogP contribution in [0, 0.1) is 0 Å². The number of nitrogens with one attached hydrogen (secondary N) is 1. The Morgan fingerprint density at radius 1 is 1.42 bits per heavy atom. The standard InChI is InChI=1S/C15H22N2O2/c1-2-17-10-6-7-13(17)11-16-15(18)12-19-14-8-4-3-5-9-14/h3-5,8-9,13H,2,6-7,10-12H2,1H3,(H,16,18)/t13-/m0/s1. The van der Waals surface area contributed by atoms with E-state index >= 15 is 0 Å². The van der Waals surface area contributed by atoms with Gasteiger partial charge in [0.25, 0.3) is 5.91 Å². The predicted octanol–water partition coefficient (Wildman–Crippen LogP) is 1.67. The van der Waals surface area contributed by atoms with Crippen molar-refractivity contribution in [2.24, 2.45) is 0 Å². The summed E-state index contributed by atoms with van der Waals surface area (Å²) in [6.07, 6.45) is 2.41. The molecule has 104 valence electrons. The van der Waals surface area contributed by atoms with Crippen molar-refractivity contribution in [3.63, 3.8) is 0 Å². The summed E-state index contributed by atoms with van der Waals surface area (Å²) in [7, 11) is 0. The second-order valence-electron chi connectivity index (χ2n) is 4.83. The topological polar surface area (TPSA) is 41.6 Å². The molecule has 0 aliphatic carbocycles. The number of amides is 1. The summed E-state index contributed by atoms with van der Waals surface area (Å²) in [6, 6.07) is 9.90. The van der Waals surface area contributed by atoms with Gasteiger partial charge in [0.15, 0.2) is 6.61 Å². The molecule has 0 saturated carbocycles. The monoisotopic (exact) mass is 262 g/mol. The Labute approximate surface area is 114 Å². The third kappa shape index (κ3) is 4.24. The van der Waals surface area contributed by atoms with Gasteiger partial charge in [-0.2, -0.15) is 0 Å². The van der Waals surface area contributed by atoms with Crippen molar-refractivity contribution in [1.82, 2.24) is 10.2 Å². The quantitative estimate of drug-likeness (QED) is 0.848. The van der Waals surface area contributed by atoms with Crippen LogP contribution < -0.4 is 10.1 Å². The van der Waals surface area contributed by atoms with Crippen LogP contribution in [0.25, 0.3) is 0 Å². The molecule has 1 N–H and O–H groups in total. The van der Waals surface area contributed by atoms with Crippen LogP contribution in [-0.4, -0.2) is 43.1 Å². The zero-order valence-corrected chi connectivity index (χ0v) is 11.5. The van der Waals surface area contributed by atoms with Crippen molar-refractivity contribution in [3.05, 3.63) is 30.3 Å². The maximum atomic E-state index is 11.7. The second kappa shape index (κ2) is 7.14. The van der Waals surface area contributed by atoms with Gasteiger partial charge in [-0.1, -0.05) is 25.1 Å². The number of para-hydroxylation sites is 1. The summed E-state index contributed by atoms with van der Waals surface area (Å²) in [4.78, 5) is 14.1. The van der Waals surface area contributed by atoms with Crippen molar-refractivity contribution in [1.29, 1.82) is 0 Å². The van der Waals surface area contributed by atoms with E-state index in [9.17, 15) is 4.79 Å². The first-order valence-corrected chi connectivity index (χ1v) is 6.98. The molecule has 1 aromatic rings. The second-order valence-corrected chi connectivity index (χ2v) is 4.83. The van der Waals surface area contributed by atoms with Gasteiger partial charge in [-0.05, 0) is 38.1 Å². The Morgan fingerprint density at radius 3 is 2.95 bits per heavy atom. The Balaban J connectivity index is 1.67. The van der Waals surface area contributed by atoms with Gasteiger partial charge in [0.1, 0.15) is 5.75 Å². The summed E-state index contributed by atoms with van der Waals surface area (Å²) in [5.41, 5.74) is 0. The lowest BCUT2D eigenvalue weighted by Gasteiger charge is -2.22. The zero-order chi connectivity index (χ0) is 13.5. The van der Waals surface area contributed by atoms with Crippen molar-refractivity contribution in [3.8, 4) is 5.75 Å². The SMILES string of the molecule is CCN1CCC[C@H]1CNC(=O)COc1ccccc1. The van der Waals surface area contributed by atoms with E-state index in [1.165, 1.54) is 12.8 Å². The molecule has 1 heterocycles. The summed E-state index contributed by atoms with van der Waals surface area (Å²) in [5, 5.41) is 2.95. The number of likely N-dealkylation sites (N-methyl/N-ethyl adjacent to an activating group) is 1. The van der Waals surface area contributed by atoms with E-state index < -0.39 is 0 Å². The molecule has 0 unspecified atom stereocenters. The Kier molecular flexibility index (Phi) is 5.21. The number of rotatable bonds is 6. The molecule has 0 radical (unpaired) electrons. The largest absolute Gasteiger partial charge is 0.484 e. The van der Waals surface area contributed by atoms with E-state index in [-0.39, 0.29) is 12.5 Å². The van der Waals surface area contributed by atoms with E-state index in [0.29, 0.717) is 6.04 Å². The van der Waals surface area contributed by atoms with Crippen molar-refractivity contribution < 1.29 is 9.53 Å². The number of benzene rings is 1. The van der Waals surface area contributed by atoms with Gasteiger partial charge in [-0.3, -0.25) is 9.69 Å². The molecule has 0 aromatic heterocycles. The molecule has 19 heavy (non-hydrogen) atoms. The third-order valence-corrected chi connectivity index (χ3v) is 3.55. The van der Waals surface area contributed by atoms with Crippen molar-refractivity contribution in [2.45, 2.75) is 25.8 Å². The predicted molar refractivity (Wildman–Crippen MR) is 75.2 cm³/mol. The first-order valence-electron chi connectivity index (χ1n) is 6.98. The van der Waals surface area contributed by atoms with Gasteiger partial charge in [-0.25, -0.2) is 0 Å². The molecule has 1 fully saturated rings. The lowest BCUT2D eigenvalue weighted by atomic mass is 10.2. The minimum atomic E-state index is -0.0493. The molecule has 1 aliphatic heterocycles. The number of likely N-dealkylation sites (tertiary alicyclic amines) is 1. The molecule has 1 aromatic carbocycles. The molecule has 4 heteroatoms. The minimum Gasteiger partial charge on any atom is -0.484 e. The highest BCUT2D eigenvalue weighted by Crippen LogP contribution is 2.15. The summed E-state index contributed by atoms with van der Waals surface area (Å²) in [5.74, 6) is 0.681. The third-order valence-electron chi connectivity index (χ3n) is 3.55. The smallest absolute Gasteiger partial charge is 0.257 e. The van der Waals surface area contributed by atoms with Crippen LogP contribution >= 0.6 is 0 Å². The highest BCUT2D eigenvalue weighted by Gasteiger charge is 2.22. The Hall–Kier alpha value is -1.55. The van der Waals surface area contributed by atoms with Crippen LogP contribution in [-0.2, 0) is 4.79 Å². The normalized spacial score (nSPS) is 19.3. The van der Waals surface area contributed by atoms with E-state index in [1.807, 2.05) is 30.3 Å². The van der Waals surface area contributed by atoms with Crippen LogP contribution in [0.2, 0.25) is 0 Å². The van der Waals surface area contributed by atoms with Crippen LogP contribution in [0.5, 0.6) is 5.75 Å². The Bertz CT molecular complexity index is 394.